The maximum atomic E-state index is 12.0. The van der Waals surface area contributed by atoms with Gasteiger partial charge in [0.1, 0.15) is 11.5 Å². The van der Waals surface area contributed by atoms with Crippen LogP contribution in [0.5, 0.6) is 11.5 Å². The molecule has 0 saturated heterocycles. The number of benzene rings is 2. The Labute approximate surface area is 163 Å². The van der Waals surface area contributed by atoms with Crippen LogP contribution in [0.2, 0.25) is 0 Å². The van der Waals surface area contributed by atoms with Gasteiger partial charge in [0, 0.05) is 10.0 Å². The van der Waals surface area contributed by atoms with Crippen LogP contribution < -0.4 is 14.9 Å². The lowest BCUT2D eigenvalue weighted by molar-refractivity contribution is -0.120. The van der Waals surface area contributed by atoms with Gasteiger partial charge in [-0.3, -0.25) is 4.79 Å². The number of halogens is 1. The molecule has 0 spiro atoms. The van der Waals surface area contributed by atoms with Crippen LogP contribution in [0.25, 0.3) is 11.3 Å². The first-order valence-corrected chi connectivity index (χ1v) is 9.03. The van der Waals surface area contributed by atoms with Crippen molar-refractivity contribution in [2.75, 3.05) is 6.79 Å². The van der Waals surface area contributed by atoms with Gasteiger partial charge in [-0.2, -0.15) is 5.10 Å². The number of nitrogens with zero attached hydrogens (tertiary/aromatic N) is 1. The number of carbonyl (C=O) groups is 1. The van der Waals surface area contributed by atoms with Gasteiger partial charge in [-0.1, -0.05) is 34.1 Å². The fraction of sp³-hybridized carbons (Fsp3) is 0.100. The third-order valence-corrected chi connectivity index (χ3v) is 4.47. The first kappa shape index (κ1) is 17.4. The largest absolute Gasteiger partial charge is 0.455 e. The van der Waals surface area contributed by atoms with E-state index in [1.165, 1.54) is 6.21 Å². The van der Waals surface area contributed by atoms with E-state index in [0.29, 0.717) is 17.3 Å². The van der Waals surface area contributed by atoms with E-state index in [2.05, 4.69) is 26.5 Å². The van der Waals surface area contributed by atoms with Crippen LogP contribution >= 0.6 is 15.9 Å². The van der Waals surface area contributed by atoms with E-state index in [4.69, 9.17) is 13.9 Å². The molecule has 0 fully saturated rings. The summed E-state index contributed by atoms with van der Waals surface area (Å²) in [5.41, 5.74) is 4.28. The molecular weight excluding hydrogens is 412 g/mol. The van der Waals surface area contributed by atoms with Crippen molar-refractivity contribution >= 4 is 28.1 Å². The molecule has 2 aromatic carbocycles. The van der Waals surface area contributed by atoms with E-state index in [0.717, 1.165) is 21.4 Å². The van der Waals surface area contributed by atoms with Gasteiger partial charge in [0.2, 0.25) is 12.7 Å². The van der Waals surface area contributed by atoms with Gasteiger partial charge in [-0.05, 0) is 42.0 Å². The molecule has 0 aliphatic carbocycles. The number of hydrogen-bond acceptors (Lipinski definition) is 5. The molecule has 6 nitrogen and oxygen atoms in total. The smallest absolute Gasteiger partial charge is 0.244 e. The molecule has 0 atom stereocenters. The summed E-state index contributed by atoms with van der Waals surface area (Å²) in [6.45, 7) is 0.209. The van der Waals surface area contributed by atoms with Gasteiger partial charge >= 0.3 is 0 Å². The average molecular weight is 427 g/mol. The number of carbonyl (C=O) groups excluding carboxylic acids is 1. The zero-order chi connectivity index (χ0) is 18.6. The third-order valence-electron chi connectivity index (χ3n) is 3.94. The Morgan fingerprint density at radius 1 is 1.07 bits per heavy atom. The van der Waals surface area contributed by atoms with Gasteiger partial charge in [0.05, 0.1) is 12.6 Å². The summed E-state index contributed by atoms with van der Waals surface area (Å²) in [4.78, 5) is 12.0. The highest BCUT2D eigenvalue weighted by atomic mass is 79.9. The summed E-state index contributed by atoms with van der Waals surface area (Å²) in [6.07, 6.45) is 1.66. The van der Waals surface area contributed by atoms with Crippen molar-refractivity contribution in [3.8, 4) is 22.8 Å². The molecule has 1 aliphatic heterocycles. The highest BCUT2D eigenvalue weighted by Crippen LogP contribution is 2.32. The SMILES string of the molecule is O=C(Cc1ccc2c(c1)OCO2)N/N=C\c1ccc(-c2ccc(Br)cc2)o1. The third kappa shape index (κ3) is 4.20. The number of fused-ring (bicyclic) bond motifs is 1. The van der Waals surface area contributed by atoms with Crippen LogP contribution in [0.15, 0.2) is 68.6 Å². The highest BCUT2D eigenvalue weighted by Gasteiger charge is 2.14. The average Bonchev–Trinajstić information content (AvgIpc) is 3.31. The second kappa shape index (κ2) is 7.67. The van der Waals surface area contributed by atoms with Crippen LogP contribution in [-0.4, -0.2) is 18.9 Å². The number of ether oxygens (including phenoxy) is 2. The normalized spacial score (nSPS) is 12.5. The van der Waals surface area contributed by atoms with Crippen molar-refractivity contribution in [1.82, 2.24) is 5.43 Å². The van der Waals surface area contributed by atoms with E-state index in [-0.39, 0.29) is 19.1 Å². The molecule has 1 amide bonds. The molecule has 3 aromatic rings. The molecule has 7 heteroatoms. The van der Waals surface area contributed by atoms with Crippen LogP contribution in [0, 0.1) is 0 Å². The van der Waals surface area contributed by atoms with Gasteiger partial charge in [-0.25, -0.2) is 5.43 Å². The quantitative estimate of drug-likeness (QED) is 0.491. The highest BCUT2D eigenvalue weighted by molar-refractivity contribution is 9.10. The molecule has 1 aromatic heterocycles. The lowest BCUT2D eigenvalue weighted by Gasteiger charge is -2.02. The zero-order valence-corrected chi connectivity index (χ0v) is 15.7. The monoisotopic (exact) mass is 426 g/mol. The Hall–Kier alpha value is -3.06. The molecule has 27 heavy (non-hydrogen) atoms. The predicted molar refractivity (Wildman–Crippen MR) is 104 cm³/mol. The minimum absolute atomic E-state index is 0.191. The maximum absolute atomic E-state index is 12.0. The predicted octanol–water partition coefficient (Wildman–Crippen LogP) is 4.13. The summed E-state index contributed by atoms with van der Waals surface area (Å²) in [7, 11) is 0. The fourth-order valence-corrected chi connectivity index (χ4v) is 2.90. The standard InChI is InChI=1S/C20H15BrN2O4/c21-15-4-2-14(3-5-15)17-8-6-16(27-17)11-22-23-20(24)10-13-1-7-18-19(9-13)26-12-25-18/h1-9,11H,10,12H2,(H,23,24)/b22-11-. The van der Waals surface area contributed by atoms with Crippen LogP contribution in [0.4, 0.5) is 0 Å². The molecule has 0 radical (unpaired) electrons. The summed E-state index contributed by atoms with van der Waals surface area (Å²) in [6, 6.07) is 16.9. The number of rotatable bonds is 5. The van der Waals surface area contributed by atoms with Crippen molar-refractivity contribution in [1.29, 1.82) is 0 Å². The Balaban J connectivity index is 1.34. The summed E-state index contributed by atoms with van der Waals surface area (Å²) < 4.78 is 17.3. The van der Waals surface area contributed by atoms with Gasteiger partial charge < -0.3 is 13.9 Å². The van der Waals surface area contributed by atoms with Gasteiger partial charge in [0.25, 0.3) is 0 Å². The lowest BCUT2D eigenvalue weighted by Crippen LogP contribution is -2.19. The number of nitrogens with one attached hydrogen (secondary N) is 1. The number of furan rings is 1. The van der Waals surface area contributed by atoms with E-state index in [1.54, 1.807) is 18.2 Å². The Morgan fingerprint density at radius 3 is 2.74 bits per heavy atom. The van der Waals surface area contributed by atoms with Crippen molar-refractivity contribution in [3.05, 3.63) is 70.4 Å². The Bertz CT molecular complexity index is 995. The summed E-state index contributed by atoms with van der Waals surface area (Å²) in [5, 5.41) is 3.95. The van der Waals surface area contributed by atoms with E-state index in [9.17, 15) is 4.79 Å². The topological polar surface area (TPSA) is 73.1 Å². The molecule has 136 valence electrons. The van der Waals surface area contributed by atoms with E-state index < -0.39 is 0 Å². The van der Waals surface area contributed by atoms with Crippen LogP contribution in [0.1, 0.15) is 11.3 Å². The maximum Gasteiger partial charge on any atom is 0.244 e. The minimum Gasteiger partial charge on any atom is -0.455 e. The molecule has 1 aliphatic rings. The molecule has 2 heterocycles. The number of amides is 1. The van der Waals surface area contributed by atoms with E-state index in [1.807, 2.05) is 36.4 Å². The van der Waals surface area contributed by atoms with Crippen molar-refractivity contribution < 1.29 is 18.7 Å². The van der Waals surface area contributed by atoms with Crippen molar-refractivity contribution in [2.45, 2.75) is 6.42 Å². The first-order chi connectivity index (χ1) is 13.2. The Morgan fingerprint density at radius 2 is 1.89 bits per heavy atom. The van der Waals surface area contributed by atoms with Crippen molar-refractivity contribution in [2.24, 2.45) is 5.10 Å². The first-order valence-electron chi connectivity index (χ1n) is 8.23. The molecule has 0 bridgehead atoms. The molecule has 4 rings (SSSR count). The summed E-state index contributed by atoms with van der Waals surface area (Å²) in [5.74, 6) is 2.40. The second-order valence-corrected chi connectivity index (χ2v) is 6.78. The van der Waals surface area contributed by atoms with E-state index >= 15 is 0 Å². The number of hydrogen-bond donors (Lipinski definition) is 1. The fourth-order valence-electron chi connectivity index (χ4n) is 2.64. The van der Waals surface area contributed by atoms with Gasteiger partial charge in [0.15, 0.2) is 11.5 Å². The zero-order valence-electron chi connectivity index (χ0n) is 14.1. The Kier molecular flexibility index (Phi) is 4.93. The second-order valence-electron chi connectivity index (χ2n) is 5.87. The van der Waals surface area contributed by atoms with Gasteiger partial charge in [-0.15, -0.1) is 0 Å². The molecule has 0 saturated carbocycles. The van der Waals surface area contributed by atoms with Crippen molar-refractivity contribution in [3.63, 3.8) is 0 Å². The minimum atomic E-state index is -0.232. The molecule has 0 unspecified atom stereocenters. The van der Waals surface area contributed by atoms with Crippen LogP contribution in [-0.2, 0) is 11.2 Å². The number of hydrazone groups is 1. The summed E-state index contributed by atoms with van der Waals surface area (Å²) >= 11 is 3.40. The molecule has 1 N–H and O–H groups in total. The lowest BCUT2D eigenvalue weighted by atomic mass is 10.1. The molecular formula is C20H15BrN2O4. The van der Waals surface area contributed by atoms with Crippen LogP contribution in [0.3, 0.4) is 0 Å².